The van der Waals surface area contributed by atoms with Gasteiger partial charge in [-0.2, -0.15) is 0 Å². The fourth-order valence-corrected chi connectivity index (χ4v) is 2.51. The molecule has 2 heterocycles. The van der Waals surface area contributed by atoms with Gasteiger partial charge in [-0.3, -0.25) is 4.79 Å². The van der Waals surface area contributed by atoms with E-state index in [1.54, 1.807) is 13.8 Å². The van der Waals surface area contributed by atoms with Gasteiger partial charge in [0.25, 0.3) is 5.71 Å². The summed E-state index contributed by atoms with van der Waals surface area (Å²) in [6, 6.07) is 5.30. The van der Waals surface area contributed by atoms with E-state index in [0.29, 0.717) is 16.8 Å². The number of esters is 1. The van der Waals surface area contributed by atoms with Crippen LogP contribution in [0.15, 0.2) is 28.8 Å². The average Bonchev–Trinajstić information content (AvgIpc) is 2.99. The Labute approximate surface area is 147 Å². The van der Waals surface area contributed by atoms with Crippen molar-refractivity contribution >= 4 is 22.9 Å². The van der Waals surface area contributed by atoms with Crippen molar-refractivity contribution in [2.45, 2.75) is 13.8 Å². The summed E-state index contributed by atoms with van der Waals surface area (Å²) in [5, 5.41) is 4.22. The second-order valence-electron chi connectivity index (χ2n) is 5.61. The zero-order chi connectivity index (χ0) is 18.8. The lowest BCUT2D eigenvalue weighted by molar-refractivity contribution is 0.0476. The minimum absolute atomic E-state index is 0.0242. The van der Waals surface area contributed by atoms with Gasteiger partial charge in [-0.15, -0.1) is 0 Å². The Balaban J connectivity index is 1.78. The van der Waals surface area contributed by atoms with Crippen molar-refractivity contribution in [3.8, 4) is 5.75 Å². The Morgan fingerprint density at radius 2 is 2.00 bits per heavy atom. The molecule has 2 aromatic heterocycles. The summed E-state index contributed by atoms with van der Waals surface area (Å²) in [5.41, 5.74) is 1.54. The Kier molecular flexibility index (Phi) is 4.66. The van der Waals surface area contributed by atoms with Gasteiger partial charge in [0.15, 0.2) is 24.0 Å². The molecule has 0 atom stereocenters. The first-order valence-electron chi connectivity index (χ1n) is 7.68. The molecule has 0 saturated heterocycles. The molecular formula is C18H15FN2O5. The van der Waals surface area contributed by atoms with Crippen LogP contribution in [0, 0.1) is 19.7 Å². The molecule has 1 aromatic carbocycles. The lowest BCUT2D eigenvalue weighted by atomic mass is 10.1. The molecule has 0 aliphatic heterocycles. The highest BCUT2D eigenvalue weighted by Crippen LogP contribution is 2.23. The standard InChI is InChI=1S/C18H15FN2O5/c1-9-6-12(16-10(2)21-26-17(16)20-9)18(23)25-8-14(22)11-4-5-15(24-3)13(19)7-11/h4-7H,8H2,1-3H3. The zero-order valence-corrected chi connectivity index (χ0v) is 14.3. The van der Waals surface area contributed by atoms with E-state index in [0.717, 1.165) is 6.07 Å². The van der Waals surface area contributed by atoms with E-state index in [1.807, 2.05) is 0 Å². The summed E-state index contributed by atoms with van der Waals surface area (Å²) in [7, 11) is 1.33. The van der Waals surface area contributed by atoms with Crippen LogP contribution in [0.2, 0.25) is 0 Å². The number of pyridine rings is 1. The Hall–Kier alpha value is -3.29. The number of halogens is 1. The number of rotatable bonds is 5. The van der Waals surface area contributed by atoms with Crippen molar-refractivity contribution in [3.63, 3.8) is 0 Å². The number of carbonyl (C=O) groups is 2. The fraction of sp³-hybridized carbons (Fsp3) is 0.222. The quantitative estimate of drug-likeness (QED) is 0.511. The molecule has 0 radical (unpaired) electrons. The van der Waals surface area contributed by atoms with Crippen molar-refractivity contribution in [1.82, 2.24) is 10.1 Å². The van der Waals surface area contributed by atoms with Gasteiger partial charge in [-0.05, 0) is 38.1 Å². The third-order valence-corrected chi connectivity index (χ3v) is 3.77. The van der Waals surface area contributed by atoms with E-state index in [-0.39, 0.29) is 22.6 Å². The van der Waals surface area contributed by atoms with Crippen LogP contribution in [-0.2, 0) is 4.74 Å². The molecule has 0 bridgehead atoms. The second-order valence-corrected chi connectivity index (χ2v) is 5.61. The number of fused-ring (bicyclic) bond motifs is 1. The van der Waals surface area contributed by atoms with Gasteiger partial charge in [0.1, 0.15) is 0 Å². The monoisotopic (exact) mass is 358 g/mol. The number of methoxy groups -OCH3 is 1. The van der Waals surface area contributed by atoms with Crippen molar-refractivity contribution < 1.29 is 28.0 Å². The van der Waals surface area contributed by atoms with E-state index in [1.165, 1.54) is 25.3 Å². The molecule has 134 valence electrons. The van der Waals surface area contributed by atoms with E-state index in [2.05, 4.69) is 10.1 Å². The molecule has 0 aliphatic rings. The van der Waals surface area contributed by atoms with Crippen molar-refractivity contribution in [2.75, 3.05) is 13.7 Å². The second kappa shape index (κ2) is 6.91. The normalized spacial score (nSPS) is 10.8. The lowest BCUT2D eigenvalue weighted by Crippen LogP contribution is -2.15. The number of ketones is 1. The number of hydrogen-bond donors (Lipinski definition) is 0. The number of hydrogen-bond acceptors (Lipinski definition) is 7. The molecule has 0 saturated carbocycles. The molecule has 0 amide bonds. The number of benzene rings is 1. The highest BCUT2D eigenvalue weighted by atomic mass is 19.1. The molecular weight excluding hydrogens is 343 g/mol. The number of Topliss-reactive ketones (excluding diaryl/α,β-unsaturated/α-hetero) is 1. The van der Waals surface area contributed by atoms with Crippen molar-refractivity contribution in [1.29, 1.82) is 0 Å². The van der Waals surface area contributed by atoms with E-state index in [9.17, 15) is 14.0 Å². The molecule has 8 heteroatoms. The van der Waals surface area contributed by atoms with Gasteiger partial charge in [0, 0.05) is 11.3 Å². The molecule has 0 spiro atoms. The van der Waals surface area contributed by atoms with Crippen LogP contribution in [0.4, 0.5) is 4.39 Å². The molecule has 26 heavy (non-hydrogen) atoms. The first-order valence-corrected chi connectivity index (χ1v) is 7.68. The molecule has 0 fully saturated rings. The topological polar surface area (TPSA) is 91.5 Å². The number of nitrogens with zero attached hydrogens (tertiary/aromatic N) is 2. The minimum atomic E-state index is -0.714. The number of carbonyl (C=O) groups excluding carboxylic acids is 2. The number of ether oxygens (including phenoxy) is 2. The fourth-order valence-electron chi connectivity index (χ4n) is 2.51. The number of aromatic nitrogens is 2. The minimum Gasteiger partial charge on any atom is -0.494 e. The van der Waals surface area contributed by atoms with Crippen LogP contribution in [0.5, 0.6) is 5.75 Å². The number of aryl methyl sites for hydroxylation is 2. The largest absolute Gasteiger partial charge is 0.494 e. The lowest BCUT2D eigenvalue weighted by Gasteiger charge is -2.07. The summed E-state index contributed by atoms with van der Waals surface area (Å²) in [6.45, 7) is 2.84. The van der Waals surface area contributed by atoms with E-state index < -0.39 is 24.2 Å². The predicted molar refractivity (Wildman–Crippen MR) is 88.8 cm³/mol. The van der Waals surface area contributed by atoms with Crippen LogP contribution in [-0.4, -0.2) is 35.6 Å². The van der Waals surface area contributed by atoms with Gasteiger partial charge in [0.2, 0.25) is 0 Å². The van der Waals surface area contributed by atoms with Crippen molar-refractivity contribution in [2.24, 2.45) is 0 Å². The van der Waals surface area contributed by atoms with Gasteiger partial charge in [-0.1, -0.05) is 5.16 Å². The first-order chi connectivity index (χ1) is 12.4. The van der Waals surface area contributed by atoms with Crippen LogP contribution in [0.3, 0.4) is 0 Å². The Bertz CT molecular complexity index is 1010. The van der Waals surface area contributed by atoms with Gasteiger partial charge in [-0.25, -0.2) is 14.2 Å². The van der Waals surface area contributed by atoms with Gasteiger partial charge >= 0.3 is 5.97 Å². The summed E-state index contributed by atoms with van der Waals surface area (Å²) in [4.78, 5) is 28.7. The van der Waals surface area contributed by atoms with Crippen LogP contribution in [0.1, 0.15) is 32.1 Å². The van der Waals surface area contributed by atoms with E-state index in [4.69, 9.17) is 14.0 Å². The third-order valence-electron chi connectivity index (χ3n) is 3.77. The van der Waals surface area contributed by atoms with E-state index >= 15 is 0 Å². The zero-order valence-electron chi connectivity index (χ0n) is 14.3. The predicted octanol–water partition coefficient (Wildman–Crippen LogP) is 3.03. The molecule has 3 aromatic rings. The maximum Gasteiger partial charge on any atom is 0.339 e. The maximum atomic E-state index is 13.7. The summed E-state index contributed by atoms with van der Waals surface area (Å²) in [5.74, 6) is -1.90. The van der Waals surface area contributed by atoms with Crippen LogP contribution >= 0.6 is 0 Å². The van der Waals surface area contributed by atoms with Crippen LogP contribution < -0.4 is 4.74 Å². The van der Waals surface area contributed by atoms with Gasteiger partial charge in [0.05, 0.1) is 23.8 Å². The highest BCUT2D eigenvalue weighted by molar-refractivity contribution is 6.05. The van der Waals surface area contributed by atoms with Gasteiger partial charge < -0.3 is 14.0 Å². The van der Waals surface area contributed by atoms with Crippen LogP contribution in [0.25, 0.3) is 11.1 Å². The molecule has 0 N–H and O–H groups in total. The summed E-state index contributed by atoms with van der Waals surface area (Å²) >= 11 is 0. The average molecular weight is 358 g/mol. The highest BCUT2D eigenvalue weighted by Gasteiger charge is 2.20. The molecule has 3 rings (SSSR count). The smallest absolute Gasteiger partial charge is 0.339 e. The maximum absolute atomic E-state index is 13.7. The molecule has 7 nitrogen and oxygen atoms in total. The molecule has 0 unspecified atom stereocenters. The Morgan fingerprint density at radius 3 is 2.69 bits per heavy atom. The Morgan fingerprint density at radius 1 is 1.23 bits per heavy atom. The first kappa shape index (κ1) is 17.5. The summed E-state index contributed by atoms with van der Waals surface area (Å²) < 4.78 is 28.6. The SMILES string of the molecule is COc1ccc(C(=O)COC(=O)c2cc(C)nc3onc(C)c23)cc1F. The summed E-state index contributed by atoms with van der Waals surface area (Å²) in [6.07, 6.45) is 0. The molecule has 0 aliphatic carbocycles. The van der Waals surface area contributed by atoms with Crippen molar-refractivity contribution in [3.05, 3.63) is 52.6 Å². The third kappa shape index (κ3) is 3.26.